The van der Waals surface area contributed by atoms with Gasteiger partial charge in [0.05, 0.1) is 0 Å². The Labute approximate surface area is 220 Å². The van der Waals surface area contributed by atoms with E-state index in [1.807, 2.05) is 11.1 Å². The van der Waals surface area contributed by atoms with Gasteiger partial charge in [-0.2, -0.15) is 0 Å². The van der Waals surface area contributed by atoms with Crippen LogP contribution >= 0.6 is 24.8 Å². The molecule has 178 valence electrons. The van der Waals surface area contributed by atoms with Crippen LogP contribution < -0.4 is 6.54 Å². The van der Waals surface area contributed by atoms with Crippen LogP contribution in [-0.4, -0.2) is 6.88 Å². The van der Waals surface area contributed by atoms with Gasteiger partial charge >= 0.3 is 197 Å². The molecule has 4 aliphatic carbocycles. The minimum atomic E-state index is -3.97. The third kappa shape index (κ3) is 3.71. The van der Waals surface area contributed by atoms with Crippen molar-refractivity contribution in [1.82, 2.24) is 0 Å². The molecule has 2 aromatic carbocycles. The van der Waals surface area contributed by atoms with Crippen molar-refractivity contribution in [1.29, 1.82) is 0 Å². The Hall–Kier alpha value is -0.920. The molecule has 0 amide bonds. The molecule has 0 nitrogen and oxygen atoms in total. The third-order valence-corrected chi connectivity index (χ3v) is 37.2. The van der Waals surface area contributed by atoms with E-state index in [4.69, 9.17) is 0 Å². The van der Waals surface area contributed by atoms with Crippen LogP contribution in [0.4, 0.5) is 0 Å². The van der Waals surface area contributed by atoms with Crippen LogP contribution in [0.3, 0.4) is 0 Å². The predicted molar refractivity (Wildman–Crippen MR) is 152 cm³/mol. The first-order valence-electron chi connectivity index (χ1n) is 12.7. The fourth-order valence-corrected chi connectivity index (χ4v) is 33.2. The second-order valence-electron chi connectivity index (χ2n) is 10.6. The fraction of sp³-hybridized carbons (Fsp3) is 0.333. The molecule has 0 saturated carbocycles. The van der Waals surface area contributed by atoms with E-state index in [2.05, 4.69) is 91.8 Å². The molecular formula is C30H36Cl2SiZr. The van der Waals surface area contributed by atoms with Crippen molar-refractivity contribution < 1.29 is 17.4 Å². The normalized spacial score (nSPS) is 23.8. The SMILES string of the molecule is Cl.Cl.[SiH2]=[Zr]([c]1ccccc1)([c]1ccccc1)([CH]1C=CC2=C1CCCC2)[CH]1C=CC2=C1CCCC2. The molecule has 4 heteroatoms. The zero-order valence-corrected chi connectivity index (χ0v) is 25.4. The monoisotopic (exact) mass is 584 g/mol. The quantitative estimate of drug-likeness (QED) is 0.333. The van der Waals surface area contributed by atoms with Gasteiger partial charge in [-0.15, -0.1) is 24.8 Å². The van der Waals surface area contributed by atoms with Crippen LogP contribution in [0, 0.1) is 0 Å². The molecule has 0 spiro atoms. The maximum absolute atomic E-state index is 3.97. The summed E-state index contributed by atoms with van der Waals surface area (Å²) >= 11 is -3.97. The van der Waals surface area contributed by atoms with Gasteiger partial charge < -0.3 is 0 Å². The molecular weight excluding hydrogens is 551 g/mol. The van der Waals surface area contributed by atoms with E-state index in [1.54, 1.807) is 17.7 Å². The number of halogens is 2. The van der Waals surface area contributed by atoms with Crippen molar-refractivity contribution in [2.75, 3.05) is 0 Å². The van der Waals surface area contributed by atoms with E-state index in [0.717, 1.165) is 0 Å². The molecule has 2 aromatic rings. The number of rotatable bonds is 4. The van der Waals surface area contributed by atoms with Gasteiger partial charge in [0, 0.05) is 0 Å². The van der Waals surface area contributed by atoms with Crippen molar-refractivity contribution in [2.45, 2.75) is 58.6 Å². The Bertz CT molecular complexity index is 1140. The van der Waals surface area contributed by atoms with Gasteiger partial charge in [0.15, 0.2) is 0 Å². The van der Waals surface area contributed by atoms with E-state index in [1.165, 1.54) is 51.4 Å². The average Bonchev–Trinajstić information content (AvgIpc) is 3.50. The third-order valence-electron chi connectivity index (χ3n) is 9.17. The Balaban J connectivity index is 0.00000137. The number of benzene rings is 2. The fourth-order valence-electron chi connectivity index (χ4n) is 7.63. The summed E-state index contributed by atoms with van der Waals surface area (Å²) < 4.78 is 4.58. The van der Waals surface area contributed by atoms with E-state index in [-0.39, 0.29) is 24.8 Å². The van der Waals surface area contributed by atoms with Crippen LogP contribution in [0.5, 0.6) is 0 Å². The first-order valence-corrected chi connectivity index (χ1v) is 23.9. The molecule has 2 atom stereocenters. The summed E-state index contributed by atoms with van der Waals surface area (Å²) in [5.74, 6) is 0. The predicted octanol–water partition coefficient (Wildman–Crippen LogP) is 7.18. The molecule has 4 aliphatic rings. The zero-order valence-electron chi connectivity index (χ0n) is 19.9. The summed E-state index contributed by atoms with van der Waals surface area (Å²) in [5.41, 5.74) is 6.98. The molecule has 0 bridgehead atoms. The van der Waals surface area contributed by atoms with Crippen LogP contribution in [0.2, 0.25) is 7.25 Å². The summed E-state index contributed by atoms with van der Waals surface area (Å²) in [4.78, 5) is 0. The van der Waals surface area contributed by atoms with Gasteiger partial charge in [-0.05, 0) is 0 Å². The van der Waals surface area contributed by atoms with E-state index >= 15 is 0 Å². The van der Waals surface area contributed by atoms with Gasteiger partial charge in [0.1, 0.15) is 0 Å². The second-order valence-corrected chi connectivity index (χ2v) is 33.5. The number of allylic oxidation sites excluding steroid dienone is 8. The van der Waals surface area contributed by atoms with Crippen molar-refractivity contribution in [3.8, 4) is 0 Å². The van der Waals surface area contributed by atoms with Gasteiger partial charge in [0.2, 0.25) is 0 Å². The number of hydrogen-bond acceptors (Lipinski definition) is 0. The Morgan fingerprint density at radius 1 is 0.559 bits per heavy atom. The number of hydrogen-bond donors (Lipinski definition) is 0. The Morgan fingerprint density at radius 3 is 1.35 bits per heavy atom. The molecule has 0 radical (unpaired) electrons. The van der Waals surface area contributed by atoms with Gasteiger partial charge in [0.25, 0.3) is 0 Å². The maximum atomic E-state index is 2.68. The minimum absolute atomic E-state index is 0. The van der Waals surface area contributed by atoms with Gasteiger partial charge in [-0.1, -0.05) is 0 Å². The molecule has 0 fully saturated rings. The second kappa shape index (κ2) is 10.2. The summed E-state index contributed by atoms with van der Waals surface area (Å²) in [5, 5.41) is 0. The molecule has 0 aliphatic heterocycles. The molecule has 34 heavy (non-hydrogen) atoms. The van der Waals surface area contributed by atoms with Crippen LogP contribution in [0.25, 0.3) is 0 Å². The molecule has 0 N–H and O–H groups in total. The standard InChI is InChI=1S/2C9H11.2C6H5.2ClH.H2Si.Zr/c2*1-2-5-9-7-3-6-8(9)4-1;2*1-2-4-6-5-3-1;;;;/h2*3,6-7H,1-2,4-5H2;2*1-5H;2*1H;1H2;. The van der Waals surface area contributed by atoms with Gasteiger partial charge in [-0.25, -0.2) is 0 Å². The molecule has 2 unspecified atom stereocenters. The van der Waals surface area contributed by atoms with E-state index < -0.39 is 17.4 Å². The molecule has 0 aromatic heterocycles. The molecule has 6 rings (SSSR count). The summed E-state index contributed by atoms with van der Waals surface area (Å²) in [6, 6.07) is 23.7. The topological polar surface area (TPSA) is 0 Å². The van der Waals surface area contributed by atoms with Crippen molar-refractivity contribution in [3.05, 3.63) is 107 Å². The van der Waals surface area contributed by atoms with Crippen LogP contribution in [0.1, 0.15) is 51.4 Å². The van der Waals surface area contributed by atoms with Gasteiger partial charge in [-0.3, -0.25) is 0 Å². The van der Waals surface area contributed by atoms with Crippen molar-refractivity contribution in [2.24, 2.45) is 0 Å². The first kappa shape index (κ1) is 26.2. The average molecular weight is 587 g/mol. The summed E-state index contributed by atoms with van der Waals surface area (Å²) in [6.07, 6.45) is 21.1. The van der Waals surface area contributed by atoms with Crippen LogP contribution in [-0.2, 0) is 17.4 Å². The van der Waals surface area contributed by atoms with Crippen molar-refractivity contribution in [3.63, 3.8) is 0 Å². The zero-order chi connectivity index (χ0) is 21.6. The van der Waals surface area contributed by atoms with E-state index in [0.29, 0.717) is 7.25 Å². The molecule has 0 heterocycles. The van der Waals surface area contributed by atoms with E-state index in [9.17, 15) is 0 Å². The first-order chi connectivity index (χ1) is 15.7. The van der Waals surface area contributed by atoms with Crippen molar-refractivity contribution >= 4 is 38.2 Å². The Kier molecular flexibility index (Phi) is 7.86. The van der Waals surface area contributed by atoms with Crippen LogP contribution in [0.15, 0.2) is 107 Å². The molecule has 0 saturated heterocycles. The summed E-state index contributed by atoms with van der Waals surface area (Å²) in [7, 11) is 0. The Morgan fingerprint density at radius 2 is 0.941 bits per heavy atom. The summed E-state index contributed by atoms with van der Waals surface area (Å²) in [6.45, 7) is 2.51.